The van der Waals surface area contributed by atoms with Gasteiger partial charge in [0, 0.05) is 23.3 Å². The molecule has 2 rings (SSSR count). The van der Waals surface area contributed by atoms with Crippen molar-refractivity contribution in [2.75, 3.05) is 23.4 Å². The summed E-state index contributed by atoms with van der Waals surface area (Å²) >= 11 is 1.67. The van der Waals surface area contributed by atoms with E-state index in [-0.39, 0.29) is 5.91 Å². The number of anilines is 2. The molecule has 20 heavy (non-hydrogen) atoms. The molecule has 1 aromatic heterocycles. The summed E-state index contributed by atoms with van der Waals surface area (Å²) in [5.41, 5.74) is 1.32. The van der Waals surface area contributed by atoms with Gasteiger partial charge in [-0.1, -0.05) is 0 Å². The van der Waals surface area contributed by atoms with Gasteiger partial charge in [-0.05, 0) is 49.6 Å². The monoisotopic (exact) mass is 287 g/mol. The number of carbonyl (C=O) groups is 1. The van der Waals surface area contributed by atoms with Gasteiger partial charge < -0.3 is 10.6 Å². The third kappa shape index (κ3) is 3.74. The van der Waals surface area contributed by atoms with Crippen LogP contribution in [0.5, 0.6) is 0 Å². The first-order valence-electron chi connectivity index (χ1n) is 6.38. The molecule has 0 aliphatic heterocycles. The lowest BCUT2D eigenvalue weighted by atomic mass is 10.2. The third-order valence-corrected chi connectivity index (χ3v) is 3.48. The maximum absolute atomic E-state index is 12.1. The first-order valence-corrected chi connectivity index (χ1v) is 7.60. The lowest BCUT2D eigenvalue weighted by Gasteiger charge is -2.07. The fourth-order valence-electron chi connectivity index (χ4n) is 1.69. The second-order valence-corrected chi connectivity index (χ2v) is 5.02. The molecule has 1 amide bonds. The summed E-state index contributed by atoms with van der Waals surface area (Å²) in [5, 5.41) is 5.94. The molecule has 4 nitrogen and oxygen atoms in total. The zero-order valence-electron chi connectivity index (χ0n) is 11.5. The van der Waals surface area contributed by atoms with Crippen LogP contribution >= 0.6 is 11.8 Å². The van der Waals surface area contributed by atoms with E-state index in [1.807, 2.05) is 37.4 Å². The number of nitrogens with zero attached hydrogens (tertiary/aromatic N) is 1. The van der Waals surface area contributed by atoms with Crippen LogP contribution < -0.4 is 10.6 Å². The Morgan fingerprint density at radius 1 is 1.20 bits per heavy atom. The van der Waals surface area contributed by atoms with E-state index in [1.165, 1.54) is 4.90 Å². The smallest absolute Gasteiger partial charge is 0.257 e. The number of nitrogens with one attached hydrogen (secondary N) is 2. The molecule has 0 atom stereocenters. The van der Waals surface area contributed by atoms with E-state index in [2.05, 4.69) is 15.6 Å². The van der Waals surface area contributed by atoms with Crippen LogP contribution in [-0.2, 0) is 0 Å². The van der Waals surface area contributed by atoms with Crippen molar-refractivity contribution in [3.05, 3.63) is 48.2 Å². The van der Waals surface area contributed by atoms with Crippen LogP contribution in [0.25, 0.3) is 0 Å². The van der Waals surface area contributed by atoms with Crippen molar-refractivity contribution in [1.82, 2.24) is 4.98 Å². The lowest BCUT2D eigenvalue weighted by Crippen LogP contribution is -2.12. The predicted molar refractivity (Wildman–Crippen MR) is 84.6 cm³/mol. The summed E-state index contributed by atoms with van der Waals surface area (Å²) in [6.45, 7) is 2.81. The second-order valence-electron chi connectivity index (χ2n) is 4.15. The van der Waals surface area contributed by atoms with Gasteiger partial charge in [-0.15, -0.1) is 11.8 Å². The number of thioether (sulfide) groups is 1. The van der Waals surface area contributed by atoms with Gasteiger partial charge in [-0.25, -0.2) is 4.98 Å². The molecular weight excluding hydrogens is 270 g/mol. The number of pyridine rings is 1. The van der Waals surface area contributed by atoms with Crippen molar-refractivity contribution in [3.63, 3.8) is 0 Å². The van der Waals surface area contributed by atoms with Gasteiger partial charge in [0.2, 0.25) is 0 Å². The molecule has 0 bridgehead atoms. The van der Waals surface area contributed by atoms with Crippen molar-refractivity contribution in [3.8, 4) is 0 Å². The van der Waals surface area contributed by atoms with Crippen LogP contribution in [-0.4, -0.2) is 23.7 Å². The van der Waals surface area contributed by atoms with Crippen molar-refractivity contribution in [1.29, 1.82) is 0 Å². The molecule has 0 saturated carbocycles. The van der Waals surface area contributed by atoms with Crippen molar-refractivity contribution in [2.45, 2.75) is 11.8 Å². The molecule has 0 spiro atoms. The fraction of sp³-hybridized carbons (Fsp3) is 0.200. The summed E-state index contributed by atoms with van der Waals surface area (Å²) in [7, 11) is 0. The van der Waals surface area contributed by atoms with Gasteiger partial charge in [0.05, 0.1) is 5.56 Å². The second kappa shape index (κ2) is 6.96. The normalized spacial score (nSPS) is 10.1. The van der Waals surface area contributed by atoms with Gasteiger partial charge in [-0.3, -0.25) is 4.79 Å². The minimum absolute atomic E-state index is 0.155. The van der Waals surface area contributed by atoms with E-state index in [9.17, 15) is 4.79 Å². The SMILES string of the molecule is CCNc1ccc(C(=O)Nc2ccc(SC)cc2)cn1. The van der Waals surface area contributed by atoms with Gasteiger partial charge in [-0.2, -0.15) is 0 Å². The molecule has 2 aromatic rings. The summed E-state index contributed by atoms with van der Waals surface area (Å²) in [6.07, 6.45) is 3.59. The topological polar surface area (TPSA) is 54.0 Å². The molecule has 0 radical (unpaired) electrons. The van der Waals surface area contributed by atoms with Crippen molar-refractivity contribution >= 4 is 29.2 Å². The Morgan fingerprint density at radius 2 is 1.95 bits per heavy atom. The Hall–Kier alpha value is -2.01. The van der Waals surface area contributed by atoms with E-state index in [0.717, 1.165) is 18.1 Å². The third-order valence-electron chi connectivity index (χ3n) is 2.73. The fourth-order valence-corrected chi connectivity index (χ4v) is 2.10. The molecular formula is C15H17N3OS. The Balaban J connectivity index is 2.03. The average Bonchev–Trinajstić information content (AvgIpc) is 2.49. The average molecular weight is 287 g/mol. The molecule has 0 saturated heterocycles. The first kappa shape index (κ1) is 14.4. The van der Waals surface area contributed by atoms with E-state index >= 15 is 0 Å². The summed E-state index contributed by atoms with van der Waals surface area (Å²) < 4.78 is 0. The molecule has 5 heteroatoms. The number of hydrogen-bond donors (Lipinski definition) is 2. The van der Waals surface area contributed by atoms with Crippen LogP contribution in [0.15, 0.2) is 47.5 Å². The van der Waals surface area contributed by atoms with E-state index in [4.69, 9.17) is 0 Å². The highest BCUT2D eigenvalue weighted by Crippen LogP contribution is 2.18. The Labute approximate surface area is 123 Å². The number of rotatable bonds is 5. The van der Waals surface area contributed by atoms with Crippen LogP contribution in [0.2, 0.25) is 0 Å². The Morgan fingerprint density at radius 3 is 2.50 bits per heavy atom. The lowest BCUT2D eigenvalue weighted by molar-refractivity contribution is 0.102. The van der Waals surface area contributed by atoms with E-state index in [0.29, 0.717) is 5.56 Å². The summed E-state index contributed by atoms with van der Waals surface area (Å²) in [6, 6.07) is 11.3. The quantitative estimate of drug-likeness (QED) is 0.827. The van der Waals surface area contributed by atoms with Crippen molar-refractivity contribution in [2.24, 2.45) is 0 Å². The highest BCUT2D eigenvalue weighted by molar-refractivity contribution is 7.98. The molecule has 0 fully saturated rings. The predicted octanol–water partition coefficient (Wildman–Crippen LogP) is 3.49. The van der Waals surface area contributed by atoms with Gasteiger partial charge in [0.15, 0.2) is 0 Å². The molecule has 2 N–H and O–H groups in total. The number of aromatic nitrogens is 1. The molecule has 0 aliphatic carbocycles. The summed E-state index contributed by atoms with van der Waals surface area (Å²) in [5.74, 6) is 0.617. The summed E-state index contributed by atoms with van der Waals surface area (Å²) in [4.78, 5) is 17.4. The maximum Gasteiger partial charge on any atom is 0.257 e. The van der Waals surface area contributed by atoms with Crippen LogP contribution in [0, 0.1) is 0 Å². The first-order chi connectivity index (χ1) is 9.72. The van der Waals surface area contributed by atoms with Gasteiger partial charge >= 0.3 is 0 Å². The van der Waals surface area contributed by atoms with Gasteiger partial charge in [0.25, 0.3) is 5.91 Å². The molecule has 104 valence electrons. The molecule has 1 aromatic carbocycles. The maximum atomic E-state index is 12.1. The number of hydrogen-bond acceptors (Lipinski definition) is 4. The molecule has 0 unspecified atom stereocenters. The Kier molecular flexibility index (Phi) is 5.01. The highest BCUT2D eigenvalue weighted by Gasteiger charge is 2.06. The highest BCUT2D eigenvalue weighted by atomic mass is 32.2. The zero-order chi connectivity index (χ0) is 14.4. The van der Waals surface area contributed by atoms with Gasteiger partial charge in [0.1, 0.15) is 5.82 Å². The van der Waals surface area contributed by atoms with E-state index < -0.39 is 0 Å². The van der Waals surface area contributed by atoms with Crippen LogP contribution in [0.4, 0.5) is 11.5 Å². The number of benzene rings is 1. The zero-order valence-corrected chi connectivity index (χ0v) is 12.3. The van der Waals surface area contributed by atoms with Crippen LogP contribution in [0.3, 0.4) is 0 Å². The van der Waals surface area contributed by atoms with E-state index in [1.54, 1.807) is 30.1 Å². The molecule has 0 aliphatic rings. The largest absolute Gasteiger partial charge is 0.370 e. The van der Waals surface area contributed by atoms with Crippen LogP contribution in [0.1, 0.15) is 17.3 Å². The minimum atomic E-state index is -0.155. The standard InChI is InChI=1S/C15H17N3OS/c1-3-16-14-9-4-11(10-17-14)15(19)18-12-5-7-13(20-2)8-6-12/h4-10H,3H2,1-2H3,(H,16,17)(H,18,19). The molecule has 1 heterocycles. The Bertz CT molecular complexity index is 567. The number of carbonyl (C=O) groups excluding carboxylic acids is 1. The van der Waals surface area contributed by atoms with Crippen molar-refractivity contribution < 1.29 is 4.79 Å². The number of amides is 1. The minimum Gasteiger partial charge on any atom is -0.370 e.